The van der Waals surface area contributed by atoms with Gasteiger partial charge in [0.15, 0.2) is 0 Å². The molecule has 0 aliphatic carbocycles. The number of hydrogen-bond acceptors (Lipinski definition) is 3. The Labute approximate surface area is 125 Å². The third-order valence-electron chi connectivity index (χ3n) is 2.93. The van der Waals surface area contributed by atoms with Gasteiger partial charge in [-0.2, -0.15) is 10.5 Å². The molecule has 0 spiro atoms. The maximum absolute atomic E-state index is 9.13. The molecule has 1 aromatic carbocycles. The van der Waals surface area contributed by atoms with Crippen molar-refractivity contribution in [3.05, 3.63) is 59.4 Å². The lowest BCUT2D eigenvalue weighted by Gasteiger charge is -2.19. The summed E-state index contributed by atoms with van der Waals surface area (Å²) in [4.78, 5) is 0. The molecule has 0 fully saturated rings. The van der Waals surface area contributed by atoms with Crippen LogP contribution in [0.2, 0.25) is 0 Å². The van der Waals surface area contributed by atoms with Crippen LogP contribution in [0.3, 0.4) is 0 Å². The van der Waals surface area contributed by atoms with E-state index in [2.05, 4.69) is 20.8 Å². The Morgan fingerprint density at radius 3 is 2.43 bits per heavy atom. The van der Waals surface area contributed by atoms with Crippen LogP contribution in [0, 0.1) is 28.1 Å². The summed E-state index contributed by atoms with van der Waals surface area (Å²) in [5, 5.41) is 18.3. The molecule has 2 rings (SSSR count). The molecule has 0 unspecified atom stereocenters. The minimum absolute atomic E-state index is 0.0261. The van der Waals surface area contributed by atoms with E-state index in [1.165, 1.54) is 0 Å². The van der Waals surface area contributed by atoms with E-state index in [1.54, 1.807) is 6.08 Å². The van der Waals surface area contributed by atoms with Crippen LogP contribution in [0.25, 0.3) is 5.57 Å². The van der Waals surface area contributed by atoms with E-state index in [0.29, 0.717) is 17.1 Å². The zero-order chi connectivity index (χ0) is 15.5. The van der Waals surface area contributed by atoms with Crippen molar-refractivity contribution >= 4 is 5.57 Å². The number of fused-ring (bicyclic) bond motifs is 1. The highest BCUT2D eigenvalue weighted by molar-refractivity contribution is 5.86. The second-order valence-corrected chi connectivity index (χ2v) is 5.86. The van der Waals surface area contributed by atoms with E-state index in [4.69, 9.17) is 15.3 Å². The largest absolute Gasteiger partial charge is 0.457 e. The molecule has 0 saturated heterocycles. The van der Waals surface area contributed by atoms with Gasteiger partial charge in [0, 0.05) is 11.1 Å². The van der Waals surface area contributed by atoms with Gasteiger partial charge in [-0.1, -0.05) is 45.0 Å². The van der Waals surface area contributed by atoms with Gasteiger partial charge in [0.1, 0.15) is 29.2 Å². The van der Waals surface area contributed by atoms with E-state index in [-0.39, 0.29) is 11.0 Å². The zero-order valence-electron chi connectivity index (χ0n) is 12.3. The van der Waals surface area contributed by atoms with Crippen LogP contribution in [0.4, 0.5) is 0 Å². The van der Waals surface area contributed by atoms with Crippen molar-refractivity contribution in [2.24, 2.45) is 5.41 Å². The molecule has 3 heteroatoms. The quantitative estimate of drug-likeness (QED) is 0.716. The summed E-state index contributed by atoms with van der Waals surface area (Å²) in [6.45, 7) is 6.27. The first kappa shape index (κ1) is 14.6. The second-order valence-electron chi connectivity index (χ2n) is 5.86. The fraction of sp³-hybridized carbons (Fsp3) is 0.222. The molecule has 1 aliphatic rings. The van der Waals surface area contributed by atoms with Crippen LogP contribution < -0.4 is 4.74 Å². The fourth-order valence-corrected chi connectivity index (χ4v) is 1.92. The summed E-state index contributed by atoms with van der Waals surface area (Å²) in [5.74, 6) is 1.29. The standard InChI is InChI=1S/C18H16N2O/c1-18(2,3)9-8-14-10-16(13(11-19)12-20)15-6-4-5-7-17(15)21-14/h4-10H,1-3H3/b9-8+. The van der Waals surface area contributed by atoms with Gasteiger partial charge in [0.05, 0.1) is 0 Å². The maximum Gasteiger partial charge on any atom is 0.137 e. The van der Waals surface area contributed by atoms with Crippen molar-refractivity contribution in [1.29, 1.82) is 10.5 Å². The molecule has 0 radical (unpaired) electrons. The third-order valence-corrected chi connectivity index (χ3v) is 2.93. The average molecular weight is 276 g/mol. The van der Waals surface area contributed by atoms with Crippen molar-refractivity contribution in [2.75, 3.05) is 0 Å². The molecule has 0 N–H and O–H groups in total. The second kappa shape index (κ2) is 5.69. The third kappa shape index (κ3) is 3.41. The van der Waals surface area contributed by atoms with Crippen LogP contribution in [0.15, 0.2) is 53.8 Å². The van der Waals surface area contributed by atoms with Gasteiger partial charge >= 0.3 is 0 Å². The summed E-state index contributed by atoms with van der Waals surface area (Å²) >= 11 is 0. The molecule has 0 amide bonds. The Hall–Kier alpha value is -2.78. The van der Waals surface area contributed by atoms with Gasteiger partial charge in [-0.05, 0) is 23.6 Å². The van der Waals surface area contributed by atoms with Crippen molar-refractivity contribution in [3.8, 4) is 17.9 Å². The van der Waals surface area contributed by atoms with Gasteiger partial charge in [0.25, 0.3) is 0 Å². The lowest BCUT2D eigenvalue weighted by molar-refractivity contribution is 0.436. The summed E-state index contributed by atoms with van der Waals surface area (Å²) in [6.07, 6.45) is 5.65. The minimum atomic E-state index is 0.0261. The number of benzene rings is 1. The number of para-hydroxylation sites is 1. The molecule has 0 atom stereocenters. The molecule has 0 saturated carbocycles. The molecular weight excluding hydrogens is 260 g/mol. The molecule has 1 aliphatic heterocycles. The minimum Gasteiger partial charge on any atom is -0.457 e. The Morgan fingerprint density at radius 1 is 1.14 bits per heavy atom. The predicted octanol–water partition coefficient (Wildman–Crippen LogP) is 4.37. The van der Waals surface area contributed by atoms with Crippen LogP contribution in [0.5, 0.6) is 5.75 Å². The average Bonchev–Trinajstić information content (AvgIpc) is 2.45. The Balaban J connectivity index is 2.55. The molecule has 3 nitrogen and oxygen atoms in total. The zero-order valence-corrected chi connectivity index (χ0v) is 12.3. The van der Waals surface area contributed by atoms with Gasteiger partial charge in [0.2, 0.25) is 0 Å². The topological polar surface area (TPSA) is 56.8 Å². The molecule has 1 aromatic rings. The highest BCUT2D eigenvalue weighted by atomic mass is 16.5. The van der Waals surface area contributed by atoms with Crippen LogP contribution >= 0.6 is 0 Å². The highest BCUT2D eigenvalue weighted by Crippen LogP contribution is 2.35. The van der Waals surface area contributed by atoms with E-state index in [1.807, 2.05) is 48.6 Å². The van der Waals surface area contributed by atoms with Crippen molar-refractivity contribution in [1.82, 2.24) is 0 Å². The maximum atomic E-state index is 9.13. The first-order valence-electron chi connectivity index (χ1n) is 6.67. The van der Waals surface area contributed by atoms with Gasteiger partial charge in [-0.15, -0.1) is 0 Å². The smallest absolute Gasteiger partial charge is 0.137 e. The Bertz CT molecular complexity index is 716. The van der Waals surface area contributed by atoms with Crippen LogP contribution in [-0.4, -0.2) is 0 Å². The van der Waals surface area contributed by atoms with Gasteiger partial charge < -0.3 is 4.74 Å². The van der Waals surface area contributed by atoms with Crippen LogP contribution in [0.1, 0.15) is 26.3 Å². The number of ether oxygens (including phenoxy) is 1. The predicted molar refractivity (Wildman–Crippen MR) is 81.9 cm³/mol. The highest BCUT2D eigenvalue weighted by Gasteiger charge is 2.19. The Kier molecular flexibility index (Phi) is 3.96. The summed E-state index contributed by atoms with van der Waals surface area (Å²) < 4.78 is 5.82. The molecule has 21 heavy (non-hydrogen) atoms. The normalized spacial score (nSPS) is 13.8. The molecule has 0 aromatic heterocycles. The first-order chi connectivity index (χ1) is 9.94. The summed E-state index contributed by atoms with van der Waals surface area (Å²) in [6, 6.07) is 11.3. The molecule has 0 bridgehead atoms. The number of rotatable bonds is 1. The number of nitriles is 2. The van der Waals surface area contributed by atoms with E-state index >= 15 is 0 Å². The van der Waals surface area contributed by atoms with E-state index < -0.39 is 0 Å². The SMILES string of the molecule is CC(C)(C)/C=C/C1=CC(=C(C#N)C#N)c2ccccc2O1. The number of allylic oxidation sites excluding steroid dienone is 5. The first-order valence-corrected chi connectivity index (χ1v) is 6.67. The van der Waals surface area contributed by atoms with E-state index in [9.17, 15) is 0 Å². The lowest BCUT2D eigenvalue weighted by Crippen LogP contribution is -2.05. The number of nitrogens with zero attached hydrogens (tertiary/aromatic N) is 2. The van der Waals surface area contributed by atoms with Crippen molar-refractivity contribution < 1.29 is 4.74 Å². The van der Waals surface area contributed by atoms with Crippen molar-refractivity contribution in [3.63, 3.8) is 0 Å². The molecule has 104 valence electrons. The monoisotopic (exact) mass is 276 g/mol. The van der Waals surface area contributed by atoms with Gasteiger partial charge in [-0.3, -0.25) is 0 Å². The molecular formula is C18H16N2O. The Morgan fingerprint density at radius 2 is 1.81 bits per heavy atom. The molecule has 1 heterocycles. The van der Waals surface area contributed by atoms with Crippen LogP contribution in [-0.2, 0) is 0 Å². The summed E-state index contributed by atoms with van der Waals surface area (Å²) in [5.41, 5.74) is 1.49. The van der Waals surface area contributed by atoms with E-state index in [0.717, 1.165) is 5.56 Å². The fourth-order valence-electron chi connectivity index (χ4n) is 1.92. The number of hydrogen-bond donors (Lipinski definition) is 0. The summed E-state index contributed by atoms with van der Waals surface area (Å²) in [7, 11) is 0. The van der Waals surface area contributed by atoms with Gasteiger partial charge in [-0.25, -0.2) is 0 Å². The van der Waals surface area contributed by atoms with Crippen molar-refractivity contribution in [2.45, 2.75) is 20.8 Å². The lowest BCUT2D eigenvalue weighted by atomic mass is 9.94.